The highest BCUT2D eigenvalue weighted by Gasteiger charge is 2.31. The topological polar surface area (TPSA) is 77.9 Å². The Morgan fingerprint density at radius 2 is 1.72 bits per heavy atom. The van der Waals surface area contributed by atoms with Crippen molar-refractivity contribution in [1.29, 1.82) is 0 Å². The van der Waals surface area contributed by atoms with Crippen LogP contribution in [0.15, 0.2) is 71.1 Å². The number of anilines is 2. The van der Waals surface area contributed by atoms with E-state index in [4.69, 9.17) is 27.6 Å². The smallest absolute Gasteiger partial charge is 0.373 e. The van der Waals surface area contributed by atoms with Crippen LogP contribution in [0.4, 0.5) is 11.4 Å². The Kier molecular flexibility index (Phi) is 8.10. The molecule has 1 aliphatic rings. The highest BCUT2D eigenvalue weighted by atomic mass is 35.5. The number of benzene rings is 2. The molecule has 190 valence electrons. The van der Waals surface area contributed by atoms with E-state index in [1.54, 1.807) is 12.3 Å². The van der Waals surface area contributed by atoms with Gasteiger partial charge in [0.2, 0.25) is 0 Å². The summed E-state index contributed by atoms with van der Waals surface area (Å²) in [5.41, 5.74) is 3.77. The van der Waals surface area contributed by atoms with Crippen molar-refractivity contribution in [3.8, 4) is 11.3 Å². The van der Waals surface area contributed by atoms with Crippen LogP contribution < -0.4 is 14.4 Å². The quantitative estimate of drug-likeness (QED) is 0.259. The van der Waals surface area contributed by atoms with Gasteiger partial charge in [0.1, 0.15) is 12.4 Å². The monoisotopic (exact) mass is 548 g/mol. The van der Waals surface area contributed by atoms with Gasteiger partial charge in [-0.1, -0.05) is 41.4 Å². The van der Waals surface area contributed by atoms with Gasteiger partial charge in [-0.2, -0.15) is 13.0 Å². The molecular formula is C26H28Cl2N3O4S+. The fourth-order valence-electron chi connectivity index (χ4n) is 4.37. The van der Waals surface area contributed by atoms with Gasteiger partial charge in [0.25, 0.3) is 15.8 Å². The molecule has 4 rings (SSSR count). The summed E-state index contributed by atoms with van der Waals surface area (Å²) < 4.78 is 39.8. The molecule has 0 atom stereocenters. The summed E-state index contributed by atoms with van der Waals surface area (Å²) in [4.78, 5) is 4.07. The van der Waals surface area contributed by atoms with Crippen molar-refractivity contribution in [2.45, 2.75) is 26.8 Å². The van der Waals surface area contributed by atoms with E-state index < -0.39 is 10.1 Å². The summed E-state index contributed by atoms with van der Waals surface area (Å²) in [7, 11) is -4.06. The zero-order valence-electron chi connectivity index (χ0n) is 20.1. The zero-order chi connectivity index (χ0) is 25.9. The van der Waals surface area contributed by atoms with Crippen LogP contribution in [0, 0.1) is 0 Å². The Balaban J connectivity index is 1.68. The first kappa shape index (κ1) is 26.3. The largest absolute Gasteiger partial charge is 0.406 e. The van der Waals surface area contributed by atoms with Crippen molar-refractivity contribution >= 4 is 50.8 Å². The number of oxazole rings is 1. The van der Waals surface area contributed by atoms with Crippen LogP contribution in [-0.2, 0) is 16.7 Å². The SMILES string of the molecule is CCN1C(=CC=Cc2occ(-c3ccccc3)[n+]2CC)N(CCCS(=O)(=O)O)c2cc(Cl)c(Cl)cc21. The van der Waals surface area contributed by atoms with Gasteiger partial charge in [0, 0.05) is 18.7 Å². The number of allylic oxidation sites excluding steroid dienone is 2. The van der Waals surface area contributed by atoms with E-state index in [9.17, 15) is 13.0 Å². The molecule has 0 radical (unpaired) electrons. The Bertz CT molecular complexity index is 1400. The average molecular weight is 550 g/mol. The van der Waals surface area contributed by atoms with Crippen LogP contribution in [0.2, 0.25) is 10.0 Å². The molecule has 0 bridgehead atoms. The highest BCUT2D eigenvalue weighted by Crippen LogP contribution is 2.45. The van der Waals surface area contributed by atoms with E-state index in [1.165, 1.54) is 0 Å². The van der Waals surface area contributed by atoms with E-state index in [0.717, 1.165) is 35.0 Å². The first-order valence-corrected chi connectivity index (χ1v) is 14.0. The van der Waals surface area contributed by atoms with Crippen LogP contribution in [-0.4, -0.2) is 31.8 Å². The van der Waals surface area contributed by atoms with Crippen molar-refractivity contribution in [2.75, 3.05) is 28.6 Å². The first-order valence-electron chi connectivity index (χ1n) is 11.7. The van der Waals surface area contributed by atoms with E-state index in [1.807, 2.05) is 66.4 Å². The summed E-state index contributed by atoms with van der Waals surface area (Å²) in [6.07, 6.45) is 7.74. The third kappa shape index (κ3) is 5.62. The molecule has 0 fully saturated rings. The molecule has 0 aliphatic carbocycles. The normalized spacial score (nSPS) is 14.9. The molecule has 2 heterocycles. The minimum atomic E-state index is -4.06. The number of hydrogen-bond acceptors (Lipinski definition) is 5. The standard InChI is InChI=1S/C26H27Cl2N3O4S/c1-3-29-22-16-20(27)21(28)17-23(22)31(14-9-15-36(32,33)34)25(29)12-8-13-26-30(4-2)24(18-35-26)19-10-6-5-7-11-19/h5-8,10-13,16-18H,3-4,9,14-15H2,1-2H3/p+1. The van der Waals surface area contributed by atoms with Gasteiger partial charge in [0.15, 0.2) is 6.26 Å². The van der Waals surface area contributed by atoms with Crippen LogP contribution in [0.25, 0.3) is 17.3 Å². The molecule has 0 spiro atoms. The molecule has 0 amide bonds. The maximum Gasteiger partial charge on any atom is 0.373 e. The van der Waals surface area contributed by atoms with Crippen molar-refractivity contribution in [3.63, 3.8) is 0 Å². The lowest BCUT2D eigenvalue weighted by Crippen LogP contribution is -2.35. The third-order valence-electron chi connectivity index (χ3n) is 5.97. The van der Waals surface area contributed by atoms with E-state index in [0.29, 0.717) is 29.0 Å². The Morgan fingerprint density at radius 3 is 2.33 bits per heavy atom. The van der Waals surface area contributed by atoms with Crippen LogP contribution >= 0.6 is 23.2 Å². The van der Waals surface area contributed by atoms with Crippen LogP contribution in [0.1, 0.15) is 26.2 Å². The maximum absolute atomic E-state index is 11.3. The second kappa shape index (κ2) is 11.1. The van der Waals surface area contributed by atoms with Gasteiger partial charge in [-0.15, -0.1) is 0 Å². The molecule has 1 N–H and O–H groups in total. The highest BCUT2D eigenvalue weighted by molar-refractivity contribution is 7.85. The van der Waals surface area contributed by atoms with E-state index >= 15 is 0 Å². The molecule has 0 unspecified atom stereocenters. The van der Waals surface area contributed by atoms with Crippen molar-refractivity contribution in [1.82, 2.24) is 0 Å². The zero-order valence-corrected chi connectivity index (χ0v) is 22.4. The van der Waals surface area contributed by atoms with Gasteiger partial charge in [-0.05, 0) is 56.7 Å². The summed E-state index contributed by atoms with van der Waals surface area (Å²) in [5.74, 6) is 1.21. The fraction of sp³-hybridized carbons (Fsp3) is 0.269. The molecule has 36 heavy (non-hydrogen) atoms. The van der Waals surface area contributed by atoms with Gasteiger partial charge >= 0.3 is 5.89 Å². The number of nitrogens with zero attached hydrogens (tertiary/aromatic N) is 3. The van der Waals surface area contributed by atoms with Crippen molar-refractivity contribution < 1.29 is 22.0 Å². The second-order valence-electron chi connectivity index (χ2n) is 8.24. The van der Waals surface area contributed by atoms with E-state index in [-0.39, 0.29) is 12.2 Å². The first-order chi connectivity index (χ1) is 17.2. The minimum absolute atomic E-state index is 0.242. The predicted octanol–water partition coefficient (Wildman–Crippen LogP) is 6.04. The maximum atomic E-state index is 11.3. The summed E-state index contributed by atoms with van der Waals surface area (Å²) in [6.45, 7) is 5.86. The third-order valence-corrected chi connectivity index (χ3v) is 7.50. The number of halogens is 2. The Morgan fingerprint density at radius 1 is 1.06 bits per heavy atom. The lowest BCUT2D eigenvalue weighted by Gasteiger charge is -2.24. The Hall–Kier alpha value is -2.78. The minimum Gasteiger partial charge on any atom is -0.406 e. The molecule has 3 aromatic rings. The van der Waals surface area contributed by atoms with Gasteiger partial charge in [-0.3, -0.25) is 4.55 Å². The van der Waals surface area contributed by atoms with E-state index in [2.05, 4.69) is 16.4 Å². The van der Waals surface area contributed by atoms with Gasteiger partial charge in [-0.25, -0.2) is 0 Å². The van der Waals surface area contributed by atoms with Crippen LogP contribution in [0.5, 0.6) is 0 Å². The number of fused-ring (bicyclic) bond motifs is 1. The fourth-order valence-corrected chi connectivity index (χ4v) is 5.18. The van der Waals surface area contributed by atoms with Crippen molar-refractivity contribution in [3.05, 3.63) is 82.6 Å². The Labute approximate surface area is 221 Å². The summed E-state index contributed by atoms with van der Waals surface area (Å²) in [5, 5.41) is 0.854. The molecular weight excluding hydrogens is 521 g/mol. The molecule has 2 aromatic carbocycles. The second-order valence-corrected chi connectivity index (χ2v) is 10.6. The molecule has 1 aliphatic heterocycles. The molecule has 7 nitrogen and oxygen atoms in total. The summed E-state index contributed by atoms with van der Waals surface area (Å²) >= 11 is 12.6. The number of hydrogen-bond donors (Lipinski definition) is 1. The molecule has 10 heteroatoms. The van der Waals surface area contributed by atoms with Crippen LogP contribution in [0.3, 0.4) is 0 Å². The molecule has 0 saturated heterocycles. The lowest BCUT2D eigenvalue weighted by atomic mass is 10.2. The number of aromatic nitrogens is 1. The molecule has 0 saturated carbocycles. The molecule has 1 aromatic heterocycles. The predicted molar refractivity (Wildman–Crippen MR) is 145 cm³/mol. The lowest BCUT2D eigenvalue weighted by molar-refractivity contribution is -0.688. The van der Waals surface area contributed by atoms with Crippen molar-refractivity contribution in [2.24, 2.45) is 0 Å². The van der Waals surface area contributed by atoms with Gasteiger partial charge in [0.05, 0.1) is 33.2 Å². The average Bonchev–Trinajstić information content (AvgIpc) is 3.38. The summed E-state index contributed by atoms with van der Waals surface area (Å²) in [6, 6.07) is 13.7. The van der Waals surface area contributed by atoms with Gasteiger partial charge < -0.3 is 14.2 Å². The number of rotatable bonds is 9.